The van der Waals surface area contributed by atoms with Gasteiger partial charge in [0.05, 0.1) is 12.3 Å². The summed E-state index contributed by atoms with van der Waals surface area (Å²) in [6.07, 6.45) is 5.71. The molecule has 0 saturated carbocycles. The van der Waals surface area contributed by atoms with E-state index in [0.29, 0.717) is 19.0 Å². The highest BCUT2D eigenvalue weighted by Crippen LogP contribution is 2.10. The van der Waals surface area contributed by atoms with Crippen molar-refractivity contribution in [2.75, 3.05) is 26.3 Å². The third-order valence-corrected chi connectivity index (χ3v) is 3.66. The van der Waals surface area contributed by atoms with Gasteiger partial charge in [0.1, 0.15) is 5.65 Å². The first kappa shape index (κ1) is 13.9. The summed E-state index contributed by atoms with van der Waals surface area (Å²) in [5, 5.41) is 5.74. The van der Waals surface area contributed by atoms with Crippen molar-refractivity contribution in [2.45, 2.75) is 12.8 Å². The molecule has 2 amide bonds. The molecule has 0 bridgehead atoms. The van der Waals surface area contributed by atoms with E-state index in [2.05, 4.69) is 15.6 Å². The normalized spacial score (nSPS) is 18.0. The van der Waals surface area contributed by atoms with E-state index in [1.54, 1.807) is 0 Å². The summed E-state index contributed by atoms with van der Waals surface area (Å²) in [7, 11) is 0. The summed E-state index contributed by atoms with van der Waals surface area (Å²) in [6.45, 7) is 2.82. The van der Waals surface area contributed by atoms with Gasteiger partial charge in [-0.2, -0.15) is 0 Å². The summed E-state index contributed by atoms with van der Waals surface area (Å²) >= 11 is 0. The number of carbonyl (C=O) groups excluding carboxylic acids is 1. The molecule has 0 aliphatic carbocycles. The lowest BCUT2D eigenvalue weighted by Crippen LogP contribution is -2.39. The van der Waals surface area contributed by atoms with E-state index in [1.165, 1.54) is 0 Å². The Bertz CT molecular complexity index is 571. The zero-order chi connectivity index (χ0) is 14.5. The maximum absolute atomic E-state index is 11.7. The van der Waals surface area contributed by atoms with Crippen molar-refractivity contribution in [3.8, 4) is 0 Å². The lowest BCUT2D eigenvalue weighted by molar-refractivity contribution is 0.185. The van der Waals surface area contributed by atoms with Crippen LogP contribution in [-0.2, 0) is 11.2 Å². The summed E-state index contributed by atoms with van der Waals surface area (Å²) in [5.74, 6) is 0.453. The molecule has 112 valence electrons. The van der Waals surface area contributed by atoms with Crippen molar-refractivity contribution in [1.29, 1.82) is 0 Å². The van der Waals surface area contributed by atoms with E-state index in [-0.39, 0.29) is 6.03 Å². The van der Waals surface area contributed by atoms with Crippen LogP contribution in [0.3, 0.4) is 0 Å². The molecule has 0 radical (unpaired) electrons. The van der Waals surface area contributed by atoms with Gasteiger partial charge in [0.25, 0.3) is 0 Å². The number of nitrogens with zero attached hydrogens (tertiary/aromatic N) is 2. The Labute approximate surface area is 123 Å². The van der Waals surface area contributed by atoms with Gasteiger partial charge in [-0.05, 0) is 18.6 Å². The van der Waals surface area contributed by atoms with Crippen LogP contribution in [0.4, 0.5) is 4.79 Å². The molecule has 6 heteroatoms. The van der Waals surface area contributed by atoms with E-state index in [0.717, 1.165) is 37.4 Å². The summed E-state index contributed by atoms with van der Waals surface area (Å²) in [4.78, 5) is 16.2. The molecule has 21 heavy (non-hydrogen) atoms. The van der Waals surface area contributed by atoms with Crippen LogP contribution < -0.4 is 10.6 Å². The van der Waals surface area contributed by atoms with Gasteiger partial charge in [-0.15, -0.1) is 0 Å². The van der Waals surface area contributed by atoms with Gasteiger partial charge in [-0.1, -0.05) is 6.07 Å². The fraction of sp³-hybridized carbons (Fsp3) is 0.467. The molecule has 2 aromatic heterocycles. The number of nitrogens with one attached hydrogen (secondary N) is 2. The Morgan fingerprint density at radius 3 is 3.19 bits per heavy atom. The highest BCUT2D eigenvalue weighted by atomic mass is 16.5. The van der Waals surface area contributed by atoms with E-state index in [1.807, 2.05) is 35.0 Å². The highest BCUT2D eigenvalue weighted by molar-refractivity contribution is 5.73. The summed E-state index contributed by atoms with van der Waals surface area (Å²) in [6, 6.07) is 5.78. The number of amides is 2. The molecular weight excluding hydrogens is 268 g/mol. The molecule has 3 heterocycles. The second-order valence-electron chi connectivity index (χ2n) is 5.31. The molecule has 0 spiro atoms. The van der Waals surface area contributed by atoms with Gasteiger partial charge in [0.15, 0.2) is 0 Å². The Hall–Kier alpha value is -2.08. The molecule has 1 atom stereocenters. The van der Waals surface area contributed by atoms with Crippen LogP contribution in [0.2, 0.25) is 0 Å². The van der Waals surface area contributed by atoms with Crippen molar-refractivity contribution in [3.05, 3.63) is 36.3 Å². The number of hydrogen-bond donors (Lipinski definition) is 2. The molecular formula is C15H20N4O2. The third kappa shape index (κ3) is 3.72. The first-order valence-corrected chi connectivity index (χ1v) is 7.33. The fourth-order valence-electron chi connectivity index (χ4n) is 2.46. The minimum absolute atomic E-state index is 0.120. The number of hydrogen-bond acceptors (Lipinski definition) is 3. The molecule has 2 aromatic rings. The van der Waals surface area contributed by atoms with Crippen LogP contribution in [0.5, 0.6) is 0 Å². The Kier molecular flexibility index (Phi) is 4.35. The van der Waals surface area contributed by atoms with Crippen molar-refractivity contribution in [3.63, 3.8) is 0 Å². The van der Waals surface area contributed by atoms with E-state index >= 15 is 0 Å². The van der Waals surface area contributed by atoms with Gasteiger partial charge < -0.3 is 19.8 Å². The van der Waals surface area contributed by atoms with Gasteiger partial charge in [-0.25, -0.2) is 9.78 Å². The zero-order valence-corrected chi connectivity index (χ0v) is 11.9. The van der Waals surface area contributed by atoms with Crippen molar-refractivity contribution in [1.82, 2.24) is 20.0 Å². The van der Waals surface area contributed by atoms with Gasteiger partial charge in [-0.3, -0.25) is 0 Å². The molecule has 1 fully saturated rings. The lowest BCUT2D eigenvalue weighted by atomic mass is 10.1. The van der Waals surface area contributed by atoms with Crippen LogP contribution >= 0.6 is 0 Å². The van der Waals surface area contributed by atoms with Crippen molar-refractivity contribution in [2.24, 2.45) is 5.92 Å². The molecule has 1 aliphatic rings. The molecule has 6 nitrogen and oxygen atoms in total. The van der Waals surface area contributed by atoms with Crippen LogP contribution in [-0.4, -0.2) is 41.7 Å². The van der Waals surface area contributed by atoms with E-state index in [4.69, 9.17) is 4.74 Å². The topological polar surface area (TPSA) is 67.7 Å². The monoisotopic (exact) mass is 288 g/mol. The smallest absolute Gasteiger partial charge is 0.314 e. The third-order valence-electron chi connectivity index (χ3n) is 3.66. The molecule has 0 aromatic carbocycles. The average molecular weight is 288 g/mol. The van der Waals surface area contributed by atoms with Crippen LogP contribution in [0.15, 0.2) is 30.6 Å². The predicted molar refractivity (Wildman–Crippen MR) is 79.2 cm³/mol. The SMILES string of the molecule is O=C(NCCc1cn2ccccc2n1)NC[C@@H]1CCOC1. The summed E-state index contributed by atoms with van der Waals surface area (Å²) in [5.41, 5.74) is 1.91. The Balaban J connectivity index is 1.39. The quantitative estimate of drug-likeness (QED) is 0.869. The largest absolute Gasteiger partial charge is 0.381 e. The number of fused-ring (bicyclic) bond motifs is 1. The number of rotatable bonds is 5. The first-order chi connectivity index (χ1) is 10.3. The van der Waals surface area contributed by atoms with Gasteiger partial charge in [0.2, 0.25) is 0 Å². The van der Waals surface area contributed by atoms with Crippen LogP contribution in [0, 0.1) is 5.92 Å². The molecule has 1 saturated heterocycles. The van der Waals surface area contributed by atoms with Crippen molar-refractivity contribution >= 4 is 11.7 Å². The Morgan fingerprint density at radius 1 is 1.43 bits per heavy atom. The maximum atomic E-state index is 11.7. The van der Waals surface area contributed by atoms with Crippen molar-refractivity contribution < 1.29 is 9.53 Å². The minimum Gasteiger partial charge on any atom is -0.381 e. The minimum atomic E-state index is -0.120. The fourth-order valence-corrected chi connectivity index (χ4v) is 2.46. The number of carbonyl (C=O) groups is 1. The molecule has 2 N–H and O–H groups in total. The summed E-state index contributed by atoms with van der Waals surface area (Å²) < 4.78 is 7.26. The first-order valence-electron chi connectivity index (χ1n) is 7.33. The molecule has 0 unspecified atom stereocenters. The number of aromatic nitrogens is 2. The predicted octanol–water partition coefficient (Wildman–Crippen LogP) is 1.21. The lowest BCUT2D eigenvalue weighted by Gasteiger charge is -2.10. The van der Waals surface area contributed by atoms with Gasteiger partial charge >= 0.3 is 6.03 Å². The average Bonchev–Trinajstić information content (AvgIpc) is 3.14. The maximum Gasteiger partial charge on any atom is 0.314 e. The standard InChI is InChI=1S/C15H20N4O2/c20-15(17-9-12-5-8-21-11-12)16-6-4-13-10-19-7-2-1-3-14(19)18-13/h1-3,7,10,12H,4-6,8-9,11H2,(H2,16,17,20)/t12-/m0/s1. The second-order valence-corrected chi connectivity index (χ2v) is 5.31. The van der Waals surface area contributed by atoms with E-state index < -0.39 is 0 Å². The number of urea groups is 1. The Morgan fingerprint density at radius 2 is 2.38 bits per heavy atom. The van der Waals surface area contributed by atoms with Gasteiger partial charge in [0, 0.05) is 44.4 Å². The molecule has 1 aliphatic heterocycles. The number of ether oxygens (including phenoxy) is 1. The number of pyridine rings is 1. The zero-order valence-electron chi connectivity index (χ0n) is 11.9. The van der Waals surface area contributed by atoms with Crippen LogP contribution in [0.25, 0.3) is 5.65 Å². The number of imidazole rings is 1. The van der Waals surface area contributed by atoms with E-state index in [9.17, 15) is 4.79 Å². The second kappa shape index (κ2) is 6.58. The highest BCUT2D eigenvalue weighted by Gasteiger charge is 2.15. The van der Waals surface area contributed by atoms with Crippen LogP contribution in [0.1, 0.15) is 12.1 Å². The molecule has 3 rings (SSSR count).